The molecule has 0 saturated carbocycles. The Balaban J connectivity index is 2.24. The van der Waals surface area contributed by atoms with Crippen molar-refractivity contribution < 1.29 is 4.79 Å². The second kappa shape index (κ2) is 7.07. The smallest absolute Gasteiger partial charge is 0.234 e. The highest BCUT2D eigenvalue weighted by molar-refractivity contribution is 5.97. The highest BCUT2D eigenvalue weighted by Crippen LogP contribution is 2.26. The molecule has 0 aromatic heterocycles. The van der Waals surface area contributed by atoms with Crippen molar-refractivity contribution in [3.63, 3.8) is 0 Å². The fraction of sp³-hybridized carbons (Fsp3) is 0.316. The van der Waals surface area contributed by atoms with Crippen molar-refractivity contribution >= 4 is 11.6 Å². The van der Waals surface area contributed by atoms with E-state index in [1.54, 1.807) is 4.90 Å². The number of anilines is 1. The lowest BCUT2D eigenvalue weighted by Gasteiger charge is -2.24. The van der Waals surface area contributed by atoms with Crippen LogP contribution >= 0.6 is 0 Å². The molecule has 1 amide bonds. The number of carbonyl (C=O) groups excluding carboxylic acids is 1. The van der Waals surface area contributed by atoms with E-state index >= 15 is 0 Å². The fourth-order valence-electron chi connectivity index (χ4n) is 2.54. The van der Waals surface area contributed by atoms with Gasteiger partial charge in [0.2, 0.25) is 5.91 Å². The molecule has 0 heterocycles. The van der Waals surface area contributed by atoms with E-state index in [9.17, 15) is 4.79 Å². The van der Waals surface area contributed by atoms with Crippen LogP contribution in [0, 0.1) is 6.92 Å². The van der Waals surface area contributed by atoms with Crippen LogP contribution in [0.2, 0.25) is 0 Å². The maximum atomic E-state index is 12.8. The highest BCUT2D eigenvalue weighted by Gasteiger charge is 2.23. The molecule has 2 rings (SSSR count). The minimum absolute atomic E-state index is 0.0671. The van der Waals surface area contributed by atoms with Gasteiger partial charge in [-0.05, 0) is 31.0 Å². The zero-order chi connectivity index (χ0) is 15.2. The summed E-state index contributed by atoms with van der Waals surface area (Å²) < 4.78 is 0. The standard InChI is InChI=1S/C19H23NO/c1-4-8-18(16-9-6-5-7-10-16)19(21)20(3)17-13-11-15(2)12-14-17/h5-7,9-14,18H,4,8H2,1-3H3. The van der Waals surface area contributed by atoms with E-state index in [2.05, 4.69) is 13.8 Å². The third-order valence-electron chi connectivity index (χ3n) is 3.83. The van der Waals surface area contributed by atoms with Crippen molar-refractivity contribution in [2.45, 2.75) is 32.6 Å². The van der Waals surface area contributed by atoms with E-state index in [1.165, 1.54) is 5.56 Å². The first-order valence-electron chi connectivity index (χ1n) is 7.52. The minimum atomic E-state index is -0.0671. The summed E-state index contributed by atoms with van der Waals surface area (Å²) in [4.78, 5) is 14.6. The molecule has 2 aromatic rings. The van der Waals surface area contributed by atoms with Gasteiger partial charge in [-0.2, -0.15) is 0 Å². The van der Waals surface area contributed by atoms with Gasteiger partial charge in [0.1, 0.15) is 0 Å². The first kappa shape index (κ1) is 15.3. The van der Waals surface area contributed by atoms with Crippen molar-refractivity contribution in [3.05, 3.63) is 65.7 Å². The maximum Gasteiger partial charge on any atom is 0.234 e. The predicted octanol–water partition coefficient (Wildman–Crippen LogP) is 4.54. The lowest BCUT2D eigenvalue weighted by atomic mass is 9.93. The lowest BCUT2D eigenvalue weighted by Crippen LogP contribution is -2.31. The van der Waals surface area contributed by atoms with Gasteiger partial charge in [0.25, 0.3) is 0 Å². The summed E-state index contributed by atoms with van der Waals surface area (Å²) in [6.07, 6.45) is 1.87. The molecule has 0 aliphatic carbocycles. The van der Waals surface area contributed by atoms with E-state index in [0.717, 1.165) is 24.1 Å². The Hall–Kier alpha value is -2.09. The number of rotatable bonds is 5. The monoisotopic (exact) mass is 281 g/mol. The average Bonchev–Trinajstić information content (AvgIpc) is 2.53. The SMILES string of the molecule is CCCC(C(=O)N(C)c1ccc(C)cc1)c1ccccc1. The predicted molar refractivity (Wildman–Crippen MR) is 88.7 cm³/mol. The summed E-state index contributed by atoms with van der Waals surface area (Å²) in [5.41, 5.74) is 3.25. The second-order valence-electron chi connectivity index (χ2n) is 5.48. The first-order valence-corrected chi connectivity index (χ1v) is 7.52. The molecule has 110 valence electrons. The van der Waals surface area contributed by atoms with Crippen molar-refractivity contribution in [2.24, 2.45) is 0 Å². The molecule has 0 saturated heterocycles. The number of amides is 1. The molecule has 2 heteroatoms. The van der Waals surface area contributed by atoms with Crippen LogP contribution in [-0.4, -0.2) is 13.0 Å². The summed E-state index contributed by atoms with van der Waals surface area (Å²) in [5.74, 6) is 0.0920. The van der Waals surface area contributed by atoms with Crippen molar-refractivity contribution in [2.75, 3.05) is 11.9 Å². The summed E-state index contributed by atoms with van der Waals surface area (Å²) in [7, 11) is 1.86. The van der Waals surface area contributed by atoms with Gasteiger partial charge < -0.3 is 4.90 Å². The van der Waals surface area contributed by atoms with Crippen molar-refractivity contribution in [1.29, 1.82) is 0 Å². The van der Waals surface area contributed by atoms with Gasteiger partial charge in [-0.25, -0.2) is 0 Å². The largest absolute Gasteiger partial charge is 0.315 e. The normalized spacial score (nSPS) is 12.0. The van der Waals surface area contributed by atoms with E-state index in [-0.39, 0.29) is 11.8 Å². The number of hydrogen-bond acceptors (Lipinski definition) is 1. The van der Waals surface area contributed by atoms with E-state index < -0.39 is 0 Å². The van der Waals surface area contributed by atoms with E-state index in [4.69, 9.17) is 0 Å². The molecule has 0 fully saturated rings. The third-order valence-corrected chi connectivity index (χ3v) is 3.83. The van der Waals surface area contributed by atoms with Crippen LogP contribution < -0.4 is 4.90 Å². The molecular formula is C19H23NO. The quantitative estimate of drug-likeness (QED) is 0.787. The fourth-order valence-corrected chi connectivity index (χ4v) is 2.54. The van der Waals surface area contributed by atoms with E-state index in [0.29, 0.717) is 0 Å². The number of aryl methyl sites for hydroxylation is 1. The van der Waals surface area contributed by atoms with Gasteiger partial charge in [-0.3, -0.25) is 4.79 Å². The van der Waals surface area contributed by atoms with E-state index in [1.807, 2.05) is 61.6 Å². The zero-order valence-corrected chi connectivity index (χ0v) is 13.0. The summed E-state index contributed by atoms with van der Waals surface area (Å²) in [5, 5.41) is 0. The molecule has 0 aliphatic rings. The summed E-state index contributed by atoms with van der Waals surface area (Å²) >= 11 is 0. The minimum Gasteiger partial charge on any atom is -0.315 e. The highest BCUT2D eigenvalue weighted by atomic mass is 16.2. The second-order valence-corrected chi connectivity index (χ2v) is 5.48. The number of likely N-dealkylation sites (N-methyl/N-ethyl adjacent to an activating group) is 1. The molecule has 0 N–H and O–H groups in total. The molecule has 1 atom stereocenters. The van der Waals surface area contributed by atoms with Crippen LogP contribution in [0.3, 0.4) is 0 Å². The van der Waals surface area contributed by atoms with Gasteiger partial charge in [-0.1, -0.05) is 61.4 Å². The topological polar surface area (TPSA) is 20.3 Å². The molecule has 21 heavy (non-hydrogen) atoms. The lowest BCUT2D eigenvalue weighted by molar-refractivity contribution is -0.119. The van der Waals surface area contributed by atoms with Crippen LogP contribution in [0.25, 0.3) is 0 Å². The average molecular weight is 281 g/mol. The number of hydrogen-bond donors (Lipinski definition) is 0. The number of nitrogens with zero attached hydrogens (tertiary/aromatic N) is 1. The zero-order valence-electron chi connectivity index (χ0n) is 13.0. The molecular weight excluding hydrogens is 258 g/mol. The Labute approximate surface area is 127 Å². The number of benzene rings is 2. The molecule has 0 spiro atoms. The Morgan fingerprint density at radius 1 is 1.05 bits per heavy atom. The van der Waals surface area contributed by atoms with Crippen molar-refractivity contribution in [3.8, 4) is 0 Å². The third kappa shape index (κ3) is 3.72. The van der Waals surface area contributed by atoms with Crippen molar-refractivity contribution in [1.82, 2.24) is 0 Å². The maximum absolute atomic E-state index is 12.8. The Morgan fingerprint density at radius 2 is 1.67 bits per heavy atom. The van der Waals surface area contributed by atoms with Gasteiger partial charge in [-0.15, -0.1) is 0 Å². The summed E-state index contributed by atoms with van der Waals surface area (Å²) in [6.45, 7) is 4.17. The molecule has 2 aromatic carbocycles. The van der Waals surface area contributed by atoms with Gasteiger partial charge >= 0.3 is 0 Å². The van der Waals surface area contributed by atoms with Crippen LogP contribution in [0.4, 0.5) is 5.69 Å². The van der Waals surface area contributed by atoms with Crippen LogP contribution in [0.15, 0.2) is 54.6 Å². The molecule has 1 unspecified atom stereocenters. The molecule has 0 radical (unpaired) electrons. The van der Waals surface area contributed by atoms with Gasteiger partial charge in [0.05, 0.1) is 5.92 Å². The summed E-state index contributed by atoms with van der Waals surface area (Å²) in [6, 6.07) is 18.1. The van der Waals surface area contributed by atoms with Crippen LogP contribution in [-0.2, 0) is 4.79 Å². The Kier molecular flexibility index (Phi) is 5.15. The Bertz CT molecular complexity index is 574. The Morgan fingerprint density at radius 3 is 2.24 bits per heavy atom. The van der Waals surface area contributed by atoms with Gasteiger partial charge in [0, 0.05) is 12.7 Å². The molecule has 2 nitrogen and oxygen atoms in total. The van der Waals surface area contributed by atoms with Gasteiger partial charge in [0.15, 0.2) is 0 Å². The first-order chi connectivity index (χ1) is 10.1. The van der Waals surface area contributed by atoms with Crippen LogP contribution in [0.1, 0.15) is 36.8 Å². The molecule has 0 bridgehead atoms. The molecule has 0 aliphatic heterocycles. The number of carbonyl (C=O) groups is 1. The van der Waals surface area contributed by atoms with Crippen LogP contribution in [0.5, 0.6) is 0 Å².